The first kappa shape index (κ1) is 17.9. The normalized spacial score (nSPS) is 17.0. The Labute approximate surface area is 171 Å². The van der Waals surface area contributed by atoms with Crippen LogP contribution in [0, 0.1) is 12.8 Å². The highest BCUT2D eigenvalue weighted by atomic mass is 15.4. The minimum absolute atomic E-state index is 0.694. The molecule has 4 heteroatoms. The molecule has 1 fully saturated rings. The molecule has 0 spiro atoms. The van der Waals surface area contributed by atoms with Crippen LogP contribution >= 0.6 is 0 Å². The molecule has 1 atom stereocenters. The molecule has 1 saturated heterocycles. The van der Waals surface area contributed by atoms with E-state index >= 15 is 0 Å². The van der Waals surface area contributed by atoms with Gasteiger partial charge in [-0.05, 0) is 25.7 Å². The van der Waals surface area contributed by atoms with Crippen molar-refractivity contribution in [3.63, 3.8) is 0 Å². The molecule has 0 N–H and O–H groups in total. The van der Waals surface area contributed by atoms with Gasteiger partial charge in [-0.2, -0.15) is 9.61 Å². The Morgan fingerprint density at radius 2 is 1.66 bits per heavy atom. The van der Waals surface area contributed by atoms with Gasteiger partial charge in [0, 0.05) is 36.3 Å². The zero-order chi connectivity index (χ0) is 19.8. The van der Waals surface area contributed by atoms with Gasteiger partial charge in [0.1, 0.15) is 5.82 Å². The minimum Gasteiger partial charge on any atom is -0.356 e. The molecule has 2 aromatic carbocycles. The van der Waals surface area contributed by atoms with Gasteiger partial charge in [-0.15, -0.1) is 0 Å². The van der Waals surface area contributed by atoms with E-state index in [1.807, 2.05) is 10.6 Å². The number of hydrogen-bond acceptors (Lipinski definition) is 3. The van der Waals surface area contributed by atoms with Gasteiger partial charge in [-0.25, -0.2) is 4.98 Å². The standard InChI is InChI=1S/C25H26N4/c1-18-10-12-21(13-11-18)23-15-24-26-22(20-8-4-3-5-9-20)16-25(29(24)27-23)28-14-6-7-19(2)17-28/h3-5,8-13,15-16,19H,6-7,14,17H2,1-2H3. The maximum absolute atomic E-state index is 4.96. The summed E-state index contributed by atoms with van der Waals surface area (Å²) < 4.78 is 2.03. The number of aryl methyl sites for hydroxylation is 1. The molecule has 0 bridgehead atoms. The molecule has 0 saturated carbocycles. The van der Waals surface area contributed by atoms with Crippen LogP contribution in [0.15, 0.2) is 66.7 Å². The highest BCUT2D eigenvalue weighted by Crippen LogP contribution is 2.30. The molecule has 1 aliphatic heterocycles. The van der Waals surface area contributed by atoms with Crippen molar-refractivity contribution in [3.8, 4) is 22.5 Å². The van der Waals surface area contributed by atoms with E-state index in [-0.39, 0.29) is 0 Å². The number of aromatic nitrogens is 3. The number of benzene rings is 2. The molecule has 1 aliphatic rings. The van der Waals surface area contributed by atoms with E-state index in [2.05, 4.69) is 79.4 Å². The molecule has 0 amide bonds. The molecule has 4 aromatic rings. The average Bonchev–Trinajstić information content (AvgIpc) is 3.18. The van der Waals surface area contributed by atoms with Crippen molar-refractivity contribution >= 4 is 11.5 Å². The Morgan fingerprint density at radius 1 is 0.897 bits per heavy atom. The summed E-state index contributed by atoms with van der Waals surface area (Å²) in [4.78, 5) is 7.43. The molecule has 0 radical (unpaired) electrons. The lowest BCUT2D eigenvalue weighted by atomic mass is 10.0. The maximum Gasteiger partial charge on any atom is 0.158 e. The van der Waals surface area contributed by atoms with Crippen molar-refractivity contribution in [2.75, 3.05) is 18.0 Å². The number of hydrogen-bond donors (Lipinski definition) is 0. The summed E-state index contributed by atoms with van der Waals surface area (Å²) in [6, 6.07) is 23.3. The van der Waals surface area contributed by atoms with E-state index in [0.717, 1.165) is 47.1 Å². The van der Waals surface area contributed by atoms with Gasteiger partial charge in [0.15, 0.2) is 5.65 Å². The van der Waals surface area contributed by atoms with Gasteiger partial charge in [-0.1, -0.05) is 67.1 Å². The van der Waals surface area contributed by atoms with Crippen LogP contribution in [0.4, 0.5) is 5.82 Å². The summed E-state index contributed by atoms with van der Waals surface area (Å²) in [6.07, 6.45) is 2.52. The molecular formula is C25H26N4. The van der Waals surface area contributed by atoms with Gasteiger partial charge >= 0.3 is 0 Å². The number of nitrogens with zero attached hydrogens (tertiary/aromatic N) is 4. The first-order valence-electron chi connectivity index (χ1n) is 10.5. The molecule has 29 heavy (non-hydrogen) atoms. The highest BCUT2D eigenvalue weighted by molar-refractivity contribution is 5.71. The zero-order valence-corrected chi connectivity index (χ0v) is 17.0. The highest BCUT2D eigenvalue weighted by Gasteiger charge is 2.21. The molecule has 1 unspecified atom stereocenters. The molecule has 4 nitrogen and oxygen atoms in total. The predicted octanol–water partition coefficient (Wildman–Crippen LogP) is 5.61. The Bertz CT molecular complexity index is 1130. The third-order valence-corrected chi connectivity index (χ3v) is 5.81. The van der Waals surface area contributed by atoms with Crippen LogP contribution in [0.1, 0.15) is 25.3 Å². The summed E-state index contributed by atoms with van der Waals surface area (Å²) in [6.45, 7) is 6.57. The van der Waals surface area contributed by atoms with Gasteiger partial charge in [0.25, 0.3) is 0 Å². The first-order valence-corrected chi connectivity index (χ1v) is 10.5. The fourth-order valence-electron chi connectivity index (χ4n) is 4.20. The number of anilines is 1. The molecule has 0 aliphatic carbocycles. The fourth-order valence-corrected chi connectivity index (χ4v) is 4.20. The van der Waals surface area contributed by atoms with E-state index < -0.39 is 0 Å². The van der Waals surface area contributed by atoms with Crippen LogP contribution in [0.3, 0.4) is 0 Å². The molecular weight excluding hydrogens is 356 g/mol. The van der Waals surface area contributed by atoms with Crippen molar-refractivity contribution < 1.29 is 0 Å². The molecule has 5 rings (SSSR count). The van der Waals surface area contributed by atoms with Gasteiger partial charge in [-0.3, -0.25) is 0 Å². The molecule has 3 heterocycles. The Morgan fingerprint density at radius 3 is 2.41 bits per heavy atom. The fraction of sp³-hybridized carbons (Fsp3) is 0.280. The first-order chi connectivity index (χ1) is 14.2. The van der Waals surface area contributed by atoms with Crippen molar-refractivity contribution in [2.24, 2.45) is 5.92 Å². The third kappa shape index (κ3) is 3.51. The SMILES string of the molecule is Cc1ccc(-c2cc3nc(-c4ccccc4)cc(N4CCCC(C)C4)n3n2)cc1. The summed E-state index contributed by atoms with van der Waals surface area (Å²) in [5.74, 6) is 1.83. The third-order valence-electron chi connectivity index (χ3n) is 5.81. The second-order valence-corrected chi connectivity index (χ2v) is 8.22. The van der Waals surface area contributed by atoms with Crippen LogP contribution in [0.2, 0.25) is 0 Å². The number of piperidine rings is 1. The monoisotopic (exact) mass is 382 g/mol. The summed E-state index contributed by atoms with van der Waals surface area (Å²) in [5, 5.41) is 4.96. The van der Waals surface area contributed by atoms with E-state index in [1.165, 1.54) is 18.4 Å². The topological polar surface area (TPSA) is 33.4 Å². The van der Waals surface area contributed by atoms with Gasteiger partial charge < -0.3 is 4.90 Å². The van der Waals surface area contributed by atoms with E-state index in [4.69, 9.17) is 10.1 Å². The van der Waals surface area contributed by atoms with E-state index in [1.54, 1.807) is 0 Å². The Kier molecular flexibility index (Phi) is 4.55. The van der Waals surface area contributed by atoms with Crippen LogP contribution < -0.4 is 4.90 Å². The summed E-state index contributed by atoms with van der Waals surface area (Å²) in [5.41, 5.74) is 6.38. The Hall–Kier alpha value is -3.14. The lowest BCUT2D eigenvalue weighted by Gasteiger charge is -2.32. The molecule has 146 valence electrons. The van der Waals surface area contributed by atoms with Crippen LogP contribution in [0.5, 0.6) is 0 Å². The van der Waals surface area contributed by atoms with E-state index in [9.17, 15) is 0 Å². The van der Waals surface area contributed by atoms with Gasteiger partial charge in [0.2, 0.25) is 0 Å². The minimum atomic E-state index is 0.694. The smallest absolute Gasteiger partial charge is 0.158 e. The summed E-state index contributed by atoms with van der Waals surface area (Å²) >= 11 is 0. The van der Waals surface area contributed by atoms with Crippen molar-refractivity contribution in [2.45, 2.75) is 26.7 Å². The lowest BCUT2D eigenvalue weighted by Crippen LogP contribution is -2.35. The number of fused-ring (bicyclic) bond motifs is 1. The van der Waals surface area contributed by atoms with Crippen LogP contribution in [-0.4, -0.2) is 27.7 Å². The van der Waals surface area contributed by atoms with Crippen LogP contribution in [-0.2, 0) is 0 Å². The quantitative estimate of drug-likeness (QED) is 0.462. The van der Waals surface area contributed by atoms with Gasteiger partial charge in [0.05, 0.1) is 11.4 Å². The van der Waals surface area contributed by atoms with E-state index in [0.29, 0.717) is 5.92 Å². The van der Waals surface area contributed by atoms with Crippen LogP contribution in [0.25, 0.3) is 28.2 Å². The Balaban J connectivity index is 1.67. The number of rotatable bonds is 3. The summed E-state index contributed by atoms with van der Waals surface area (Å²) in [7, 11) is 0. The average molecular weight is 383 g/mol. The second-order valence-electron chi connectivity index (χ2n) is 8.22. The maximum atomic E-state index is 4.96. The zero-order valence-electron chi connectivity index (χ0n) is 17.0. The van der Waals surface area contributed by atoms with Crippen molar-refractivity contribution in [1.82, 2.24) is 14.6 Å². The second kappa shape index (κ2) is 7.36. The lowest BCUT2D eigenvalue weighted by molar-refractivity contribution is 0.442. The largest absolute Gasteiger partial charge is 0.356 e. The van der Waals surface area contributed by atoms with Crippen molar-refractivity contribution in [3.05, 3.63) is 72.3 Å². The van der Waals surface area contributed by atoms with Crippen molar-refractivity contribution in [1.29, 1.82) is 0 Å². The molecule has 2 aromatic heterocycles. The predicted molar refractivity (Wildman–Crippen MR) is 119 cm³/mol.